The Morgan fingerprint density at radius 2 is 2.12 bits per heavy atom. The largest absolute Gasteiger partial charge is 0.461 e. The molecule has 0 atom stereocenters. The van der Waals surface area contributed by atoms with Crippen LogP contribution in [0.25, 0.3) is 10.9 Å². The van der Waals surface area contributed by atoms with Crippen molar-refractivity contribution in [3.05, 3.63) is 42.5 Å². The maximum atomic E-state index is 12.0. The average molecular weight is 325 g/mol. The fraction of sp³-hybridized carbons (Fsp3) is 0.294. The number of fused-ring (bicyclic) bond motifs is 1. The van der Waals surface area contributed by atoms with Gasteiger partial charge in [0.25, 0.3) is 0 Å². The molecule has 0 bridgehead atoms. The molecule has 0 radical (unpaired) electrons. The van der Waals surface area contributed by atoms with E-state index in [4.69, 9.17) is 4.74 Å². The van der Waals surface area contributed by atoms with Gasteiger partial charge in [-0.25, -0.2) is 14.8 Å². The summed E-state index contributed by atoms with van der Waals surface area (Å²) in [5, 5.41) is 8.77. The molecular weight excluding hydrogens is 306 g/mol. The molecule has 0 unspecified atom stereocenters. The van der Waals surface area contributed by atoms with Crippen molar-refractivity contribution in [3.8, 4) is 0 Å². The molecule has 0 aliphatic heterocycles. The Kier molecular flexibility index (Phi) is 4.69. The summed E-state index contributed by atoms with van der Waals surface area (Å²) < 4.78 is 6.99. The normalized spacial score (nSPS) is 10.8. The molecule has 0 saturated carbocycles. The lowest BCUT2D eigenvalue weighted by Gasteiger charge is -2.08. The number of anilines is 2. The van der Waals surface area contributed by atoms with Gasteiger partial charge in [-0.1, -0.05) is 19.1 Å². The molecule has 2 aromatic heterocycles. The van der Waals surface area contributed by atoms with E-state index >= 15 is 0 Å². The van der Waals surface area contributed by atoms with Crippen LogP contribution < -0.4 is 5.32 Å². The van der Waals surface area contributed by atoms with Crippen LogP contribution in [0.15, 0.2) is 36.8 Å². The first-order valence-corrected chi connectivity index (χ1v) is 7.94. The molecule has 0 amide bonds. The van der Waals surface area contributed by atoms with Crippen LogP contribution in [0.1, 0.15) is 30.8 Å². The Morgan fingerprint density at radius 1 is 1.29 bits per heavy atom. The number of para-hydroxylation sites is 1. The van der Waals surface area contributed by atoms with Crippen LogP contribution in [0, 0.1) is 0 Å². The summed E-state index contributed by atoms with van der Waals surface area (Å²) in [4.78, 5) is 20.1. The first-order chi connectivity index (χ1) is 11.7. The Hall–Kier alpha value is -2.96. The maximum absolute atomic E-state index is 12.0. The second-order valence-electron chi connectivity index (χ2n) is 5.22. The third-order valence-electron chi connectivity index (χ3n) is 3.53. The maximum Gasteiger partial charge on any atom is 0.359 e. The predicted molar refractivity (Wildman–Crippen MR) is 91.3 cm³/mol. The second-order valence-corrected chi connectivity index (χ2v) is 5.22. The van der Waals surface area contributed by atoms with Crippen molar-refractivity contribution < 1.29 is 9.53 Å². The van der Waals surface area contributed by atoms with E-state index in [9.17, 15) is 4.79 Å². The lowest BCUT2D eigenvalue weighted by atomic mass is 10.2. The molecule has 2 heterocycles. The van der Waals surface area contributed by atoms with Gasteiger partial charge in [-0.05, 0) is 25.5 Å². The van der Waals surface area contributed by atoms with E-state index in [0.29, 0.717) is 11.5 Å². The fourth-order valence-electron chi connectivity index (χ4n) is 2.51. The highest BCUT2D eigenvalue weighted by molar-refractivity contribution is 5.97. The topological polar surface area (TPSA) is 81.9 Å². The number of ether oxygens (including phenoxy) is 1. The van der Waals surface area contributed by atoms with Crippen molar-refractivity contribution in [2.75, 3.05) is 11.9 Å². The number of carbonyl (C=O) groups is 1. The molecule has 24 heavy (non-hydrogen) atoms. The molecule has 7 heteroatoms. The van der Waals surface area contributed by atoms with Crippen molar-refractivity contribution in [1.82, 2.24) is 19.7 Å². The van der Waals surface area contributed by atoms with Crippen molar-refractivity contribution in [2.45, 2.75) is 26.8 Å². The highest BCUT2D eigenvalue weighted by Gasteiger charge is 2.17. The van der Waals surface area contributed by atoms with Crippen LogP contribution in [0.3, 0.4) is 0 Å². The SMILES string of the molecule is CCCn1nc(Nc2cncnc2C(=O)OCC)c2ccccc21. The minimum Gasteiger partial charge on any atom is -0.461 e. The molecule has 1 aromatic carbocycles. The van der Waals surface area contributed by atoms with E-state index < -0.39 is 5.97 Å². The first-order valence-electron chi connectivity index (χ1n) is 7.94. The van der Waals surface area contributed by atoms with E-state index in [2.05, 4.69) is 27.3 Å². The van der Waals surface area contributed by atoms with E-state index in [0.717, 1.165) is 23.9 Å². The summed E-state index contributed by atoms with van der Waals surface area (Å²) in [7, 11) is 0. The van der Waals surface area contributed by atoms with Gasteiger partial charge in [0.2, 0.25) is 0 Å². The summed E-state index contributed by atoms with van der Waals surface area (Å²) >= 11 is 0. The summed E-state index contributed by atoms with van der Waals surface area (Å²) in [6.07, 6.45) is 3.85. The van der Waals surface area contributed by atoms with E-state index in [1.807, 2.05) is 28.9 Å². The highest BCUT2D eigenvalue weighted by atomic mass is 16.5. The Labute approximate surface area is 139 Å². The first kappa shape index (κ1) is 15.9. The minimum absolute atomic E-state index is 0.195. The number of nitrogens with zero attached hydrogens (tertiary/aromatic N) is 4. The number of aromatic nitrogens is 4. The second kappa shape index (κ2) is 7.08. The van der Waals surface area contributed by atoms with Crippen molar-refractivity contribution in [3.63, 3.8) is 0 Å². The fourth-order valence-corrected chi connectivity index (χ4v) is 2.51. The van der Waals surface area contributed by atoms with Crippen LogP contribution in [-0.4, -0.2) is 32.3 Å². The number of rotatable bonds is 6. The average Bonchev–Trinajstić information content (AvgIpc) is 2.94. The number of esters is 1. The van der Waals surface area contributed by atoms with Crippen LogP contribution in [0.5, 0.6) is 0 Å². The molecule has 3 aromatic rings. The van der Waals surface area contributed by atoms with Crippen LogP contribution in [-0.2, 0) is 11.3 Å². The van der Waals surface area contributed by atoms with Gasteiger partial charge < -0.3 is 10.1 Å². The Morgan fingerprint density at radius 3 is 2.92 bits per heavy atom. The van der Waals surface area contributed by atoms with Gasteiger partial charge in [0.05, 0.1) is 24.0 Å². The summed E-state index contributed by atoms with van der Waals surface area (Å²) in [6.45, 7) is 4.97. The van der Waals surface area contributed by atoms with E-state index in [-0.39, 0.29) is 12.3 Å². The molecule has 0 aliphatic carbocycles. The molecule has 0 saturated heterocycles. The smallest absolute Gasteiger partial charge is 0.359 e. The van der Waals surface area contributed by atoms with Gasteiger partial charge in [0.1, 0.15) is 6.33 Å². The quantitative estimate of drug-likeness (QED) is 0.701. The molecule has 0 aliphatic rings. The van der Waals surface area contributed by atoms with Gasteiger partial charge in [-0.3, -0.25) is 4.68 Å². The molecule has 124 valence electrons. The van der Waals surface area contributed by atoms with Crippen molar-refractivity contribution in [2.24, 2.45) is 0 Å². The summed E-state index contributed by atoms with van der Waals surface area (Å²) in [6, 6.07) is 7.95. The van der Waals surface area contributed by atoms with Crippen molar-refractivity contribution >= 4 is 28.4 Å². The van der Waals surface area contributed by atoms with Crippen LogP contribution in [0.4, 0.5) is 11.5 Å². The van der Waals surface area contributed by atoms with Crippen LogP contribution in [0.2, 0.25) is 0 Å². The van der Waals surface area contributed by atoms with Crippen molar-refractivity contribution in [1.29, 1.82) is 0 Å². The number of hydrogen-bond acceptors (Lipinski definition) is 6. The number of aryl methyl sites for hydroxylation is 1. The van der Waals surface area contributed by atoms with E-state index in [1.165, 1.54) is 6.33 Å². The number of benzene rings is 1. The number of hydrogen-bond donors (Lipinski definition) is 1. The monoisotopic (exact) mass is 325 g/mol. The molecular formula is C17H19N5O2. The van der Waals surface area contributed by atoms with Gasteiger partial charge in [-0.15, -0.1) is 0 Å². The zero-order chi connectivity index (χ0) is 16.9. The highest BCUT2D eigenvalue weighted by Crippen LogP contribution is 2.27. The van der Waals surface area contributed by atoms with Crippen LogP contribution >= 0.6 is 0 Å². The standard InChI is InChI=1S/C17H19N5O2/c1-3-9-22-14-8-6-5-7-12(14)16(21-22)20-13-10-18-11-19-15(13)17(23)24-4-2/h5-8,10-11H,3-4,9H2,1-2H3,(H,20,21). The Balaban J connectivity index is 2.00. The zero-order valence-corrected chi connectivity index (χ0v) is 13.7. The molecule has 1 N–H and O–H groups in total. The molecule has 0 spiro atoms. The number of nitrogens with one attached hydrogen (secondary N) is 1. The lowest BCUT2D eigenvalue weighted by Crippen LogP contribution is -2.11. The Bertz CT molecular complexity index is 859. The molecule has 0 fully saturated rings. The third kappa shape index (κ3) is 3.05. The summed E-state index contributed by atoms with van der Waals surface area (Å²) in [5.74, 6) is 0.180. The zero-order valence-electron chi connectivity index (χ0n) is 13.7. The van der Waals surface area contributed by atoms with Gasteiger partial charge in [-0.2, -0.15) is 5.10 Å². The summed E-state index contributed by atoms with van der Waals surface area (Å²) in [5.41, 5.74) is 1.71. The van der Waals surface area contributed by atoms with Gasteiger partial charge in [0, 0.05) is 11.9 Å². The predicted octanol–water partition coefficient (Wildman–Crippen LogP) is 3.16. The number of carbonyl (C=O) groups excluding carboxylic acids is 1. The minimum atomic E-state index is -0.486. The third-order valence-corrected chi connectivity index (χ3v) is 3.53. The lowest BCUT2D eigenvalue weighted by molar-refractivity contribution is 0.0520. The van der Waals surface area contributed by atoms with Gasteiger partial charge in [0.15, 0.2) is 11.5 Å². The van der Waals surface area contributed by atoms with E-state index in [1.54, 1.807) is 13.1 Å². The van der Waals surface area contributed by atoms with Gasteiger partial charge >= 0.3 is 5.97 Å². The molecule has 7 nitrogen and oxygen atoms in total. The molecule has 3 rings (SSSR count).